The molecule has 0 amide bonds. The topological polar surface area (TPSA) is 61.8 Å². The van der Waals surface area contributed by atoms with E-state index in [2.05, 4.69) is 68.8 Å². The van der Waals surface area contributed by atoms with Gasteiger partial charge in [0.05, 0.1) is 6.61 Å². The fraction of sp³-hybridized carbons (Fsp3) is 0.500. The van der Waals surface area contributed by atoms with Crippen LogP contribution >= 0.6 is 24.0 Å². The van der Waals surface area contributed by atoms with Crippen molar-refractivity contribution in [3.8, 4) is 5.88 Å². The largest absolute Gasteiger partial charge is 0.477 e. The van der Waals surface area contributed by atoms with Crippen LogP contribution in [-0.4, -0.2) is 48.6 Å². The molecule has 7 heteroatoms. The van der Waals surface area contributed by atoms with Gasteiger partial charge in [0.1, 0.15) is 0 Å². The third-order valence-electron chi connectivity index (χ3n) is 5.43. The maximum absolute atomic E-state index is 5.84. The average Bonchev–Trinajstić information content (AvgIpc) is 2.79. The Labute approximate surface area is 203 Å². The fourth-order valence-electron chi connectivity index (χ4n) is 3.65. The molecule has 0 bridgehead atoms. The highest BCUT2D eigenvalue weighted by molar-refractivity contribution is 14.0. The summed E-state index contributed by atoms with van der Waals surface area (Å²) in [7, 11) is 1.82. The van der Waals surface area contributed by atoms with Gasteiger partial charge in [0.15, 0.2) is 5.96 Å². The van der Waals surface area contributed by atoms with Crippen molar-refractivity contribution < 1.29 is 4.74 Å². The molecule has 0 spiro atoms. The fourth-order valence-corrected chi connectivity index (χ4v) is 3.65. The first-order valence-electron chi connectivity index (χ1n) is 11.1. The van der Waals surface area contributed by atoms with Crippen LogP contribution in [0, 0.1) is 0 Å². The Kier molecular flexibility index (Phi) is 11.7. The lowest BCUT2D eigenvalue weighted by molar-refractivity contribution is 0.198. The van der Waals surface area contributed by atoms with Crippen molar-refractivity contribution in [1.82, 2.24) is 20.5 Å². The van der Waals surface area contributed by atoms with Gasteiger partial charge in [-0.15, -0.1) is 24.0 Å². The molecule has 1 aliphatic heterocycles. The third-order valence-corrected chi connectivity index (χ3v) is 5.43. The maximum Gasteiger partial charge on any atom is 0.218 e. The second kappa shape index (κ2) is 14.2. The van der Waals surface area contributed by atoms with Gasteiger partial charge < -0.3 is 15.4 Å². The highest BCUT2D eigenvalue weighted by Crippen LogP contribution is 2.16. The van der Waals surface area contributed by atoms with Gasteiger partial charge in [0.2, 0.25) is 5.88 Å². The summed E-state index contributed by atoms with van der Waals surface area (Å²) in [6.07, 6.45) is 6.16. The van der Waals surface area contributed by atoms with E-state index in [1.807, 2.05) is 13.1 Å². The number of rotatable bonds is 9. The predicted molar refractivity (Wildman–Crippen MR) is 138 cm³/mol. The Bertz CT molecular complexity index is 779. The Morgan fingerprint density at radius 1 is 1.16 bits per heavy atom. The van der Waals surface area contributed by atoms with Crippen molar-refractivity contribution in [2.75, 3.05) is 26.7 Å². The van der Waals surface area contributed by atoms with E-state index < -0.39 is 0 Å². The number of likely N-dealkylation sites (tertiary alicyclic amines) is 1. The number of guanidine groups is 1. The van der Waals surface area contributed by atoms with Crippen LogP contribution in [0.25, 0.3) is 0 Å². The molecule has 1 aromatic heterocycles. The first-order valence-corrected chi connectivity index (χ1v) is 11.1. The van der Waals surface area contributed by atoms with Gasteiger partial charge in [-0.25, -0.2) is 4.98 Å². The summed E-state index contributed by atoms with van der Waals surface area (Å²) in [4.78, 5) is 11.3. The minimum absolute atomic E-state index is 0. The number of pyridine rings is 1. The number of piperidine rings is 1. The van der Waals surface area contributed by atoms with E-state index in [-0.39, 0.29) is 24.0 Å². The molecule has 2 heterocycles. The van der Waals surface area contributed by atoms with Gasteiger partial charge in [-0.3, -0.25) is 9.89 Å². The highest BCUT2D eigenvalue weighted by Gasteiger charge is 2.20. The summed E-state index contributed by atoms with van der Waals surface area (Å²) < 4.78 is 5.84. The van der Waals surface area contributed by atoms with E-state index in [1.165, 1.54) is 5.56 Å². The number of nitrogens with zero attached hydrogens (tertiary/aromatic N) is 3. The van der Waals surface area contributed by atoms with Crippen LogP contribution in [0.15, 0.2) is 53.7 Å². The first kappa shape index (κ1) is 25.4. The van der Waals surface area contributed by atoms with Crippen LogP contribution in [-0.2, 0) is 13.1 Å². The molecule has 1 aromatic carbocycles. The van der Waals surface area contributed by atoms with Crippen LogP contribution in [0.4, 0.5) is 0 Å². The maximum atomic E-state index is 5.84. The number of unbranched alkanes of at least 4 members (excludes halogenated alkanes) is 1. The monoisotopic (exact) mass is 537 g/mol. The Balaban J connectivity index is 0.00000341. The average molecular weight is 537 g/mol. The smallest absolute Gasteiger partial charge is 0.218 e. The molecule has 1 fully saturated rings. The number of halogens is 1. The van der Waals surface area contributed by atoms with Crippen LogP contribution < -0.4 is 15.4 Å². The van der Waals surface area contributed by atoms with Crippen molar-refractivity contribution >= 4 is 29.9 Å². The Morgan fingerprint density at radius 3 is 2.65 bits per heavy atom. The number of aromatic nitrogens is 1. The van der Waals surface area contributed by atoms with Crippen molar-refractivity contribution in [2.24, 2.45) is 4.99 Å². The molecule has 0 aliphatic carbocycles. The lowest BCUT2D eigenvalue weighted by atomic mass is 10.0. The zero-order chi connectivity index (χ0) is 21.0. The number of hydrogen-bond donors (Lipinski definition) is 2. The van der Waals surface area contributed by atoms with Crippen molar-refractivity contribution in [3.05, 3.63) is 59.8 Å². The molecule has 2 aromatic rings. The molecule has 0 unspecified atom stereocenters. The molecule has 0 radical (unpaired) electrons. The normalized spacial score (nSPS) is 15.2. The second-order valence-electron chi connectivity index (χ2n) is 7.78. The van der Waals surface area contributed by atoms with Gasteiger partial charge in [-0.2, -0.15) is 0 Å². The van der Waals surface area contributed by atoms with E-state index in [0.29, 0.717) is 25.1 Å². The molecule has 170 valence electrons. The molecule has 1 aliphatic rings. The standard InChI is InChI=1S/C24H35N5O.HI/c1-3-4-17-30-23-21(11-8-14-26-23)18-27-24(25-2)28-22-12-15-29(16-13-22)19-20-9-6-5-7-10-20;/h5-11,14,22H,3-4,12-13,15-19H2,1-2H3,(H2,25,27,28);1H. The summed E-state index contributed by atoms with van der Waals surface area (Å²) in [5.41, 5.74) is 2.43. The lowest BCUT2D eigenvalue weighted by Crippen LogP contribution is -2.48. The van der Waals surface area contributed by atoms with E-state index >= 15 is 0 Å². The number of aliphatic imine (C=N–C) groups is 1. The molecule has 2 N–H and O–H groups in total. The van der Waals surface area contributed by atoms with Gasteiger partial charge in [0.25, 0.3) is 0 Å². The van der Waals surface area contributed by atoms with E-state index in [9.17, 15) is 0 Å². The zero-order valence-electron chi connectivity index (χ0n) is 18.7. The minimum atomic E-state index is 0. The van der Waals surface area contributed by atoms with Crippen LogP contribution in [0.1, 0.15) is 43.7 Å². The Hall–Kier alpha value is -1.87. The summed E-state index contributed by atoms with van der Waals surface area (Å²) in [6, 6.07) is 15.1. The molecular formula is C24H36IN5O. The quantitative estimate of drug-likeness (QED) is 0.217. The third kappa shape index (κ3) is 8.65. The van der Waals surface area contributed by atoms with Gasteiger partial charge in [-0.1, -0.05) is 49.7 Å². The molecule has 31 heavy (non-hydrogen) atoms. The van der Waals surface area contributed by atoms with Crippen molar-refractivity contribution in [2.45, 2.75) is 51.7 Å². The van der Waals surface area contributed by atoms with Crippen molar-refractivity contribution in [3.63, 3.8) is 0 Å². The summed E-state index contributed by atoms with van der Waals surface area (Å²) in [6.45, 7) is 6.73. The molecule has 0 atom stereocenters. The van der Waals surface area contributed by atoms with Crippen LogP contribution in [0.2, 0.25) is 0 Å². The van der Waals surface area contributed by atoms with E-state index in [4.69, 9.17) is 4.74 Å². The SMILES string of the molecule is CCCCOc1ncccc1CNC(=NC)NC1CCN(Cc2ccccc2)CC1.I. The minimum Gasteiger partial charge on any atom is -0.477 e. The molecule has 6 nitrogen and oxygen atoms in total. The molecule has 3 rings (SSSR count). The molecule has 0 saturated carbocycles. The zero-order valence-corrected chi connectivity index (χ0v) is 21.0. The highest BCUT2D eigenvalue weighted by atomic mass is 127. The first-order chi connectivity index (χ1) is 14.8. The molecule has 1 saturated heterocycles. The van der Waals surface area contributed by atoms with Crippen LogP contribution in [0.3, 0.4) is 0 Å². The summed E-state index contributed by atoms with van der Waals surface area (Å²) in [5, 5.41) is 7.00. The second-order valence-corrected chi connectivity index (χ2v) is 7.78. The van der Waals surface area contributed by atoms with Crippen LogP contribution in [0.5, 0.6) is 5.88 Å². The lowest BCUT2D eigenvalue weighted by Gasteiger charge is -2.33. The Morgan fingerprint density at radius 2 is 1.94 bits per heavy atom. The predicted octanol–water partition coefficient (Wildman–Crippen LogP) is 4.21. The van der Waals surface area contributed by atoms with Gasteiger partial charge in [-0.05, 0) is 30.9 Å². The van der Waals surface area contributed by atoms with Gasteiger partial charge in [0, 0.05) is 51.0 Å². The summed E-state index contributed by atoms with van der Waals surface area (Å²) in [5.74, 6) is 1.54. The van der Waals surface area contributed by atoms with E-state index in [0.717, 1.165) is 56.8 Å². The number of nitrogens with one attached hydrogen (secondary N) is 2. The molecular weight excluding hydrogens is 501 g/mol. The number of hydrogen-bond acceptors (Lipinski definition) is 4. The summed E-state index contributed by atoms with van der Waals surface area (Å²) >= 11 is 0. The van der Waals surface area contributed by atoms with E-state index in [1.54, 1.807) is 6.20 Å². The number of benzene rings is 1. The number of ether oxygens (including phenoxy) is 1. The van der Waals surface area contributed by atoms with Gasteiger partial charge >= 0.3 is 0 Å². The van der Waals surface area contributed by atoms with Crippen molar-refractivity contribution in [1.29, 1.82) is 0 Å².